The van der Waals surface area contributed by atoms with Gasteiger partial charge in [-0.05, 0) is 58.1 Å². The van der Waals surface area contributed by atoms with Gasteiger partial charge >= 0.3 is 6.09 Å². The maximum absolute atomic E-state index is 12.3. The summed E-state index contributed by atoms with van der Waals surface area (Å²) in [6.07, 6.45) is 2.38. The van der Waals surface area contributed by atoms with Crippen molar-refractivity contribution in [2.45, 2.75) is 65.4 Å². The van der Waals surface area contributed by atoms with Gasteiger partial charge in [-0.2, -0.15) is 0 Å². The first-order chi connectivity index (χ1) is 14.1. The van der Waals surface area contributed by atoms with Crippen molar-refractivity contribution in [1.82, 2.24) is 10.1 Å². The lowest BCUT2D eigenvalue weighted by Crippen LogP contribution is -2.42. The number of hydrogen-bond acceptors (Lipinski definition) is 4. The Morgan fingerprint density at radius 1 is 1.23 bits per heavy atom. The van der Waals surface area contributed by atoms with Gasteiger partial charge in [0.2, 0.25) is 0 Å². The fourth-order valence-corrected chi connectivity index (χ4v) is 4.40. The van der Waals surface area contributed by atoms with Crippen molar-refractivity contribution in [3.8, 4) is 11.3 Å². The molecule has 1 aliphatic heterocycles. The van der Waals surface area contributed by atoms with E-state index in [0.717, 1.165) is 41.8 Å². The van der Waals surface area contributed by atoms with Gasteiger partial charge in [0.15, 0.2) is 0 Å². The van der Waals surface area contributed by atoms with Crippen LogP contribution >= 0.6 is 23.2 Å². The molecule has 1 aromatic carbocycles. The Kier molecular flexibility index (Phi) is 7.03. The first-order valence-electron chi connectivity index (χ1n) is 10.5. The molecule has 1 amide bonds. The normalized spacial score (nSPS) is 15.7. The summed E-state index contributed by atoms with van der Waals surface area (Å²) in [4.78, 5) is 14.1. The quantitative estimate of drug-likeness (QED) is 0.502. The van der Waals surface area contributed by atoms with Crippen LogP contribution in [0, 0.1) is 5.92 Å². The van der Waals surface area contributed by atoms with Gasteiger partial charge in [-0.3, -0.25) is 0 Å². The average molecular weight is 453 g/mol. The van der Waals surface area contributed by atoms with Crippen LogP contribution in [-0.4, -0.2) is 34.8 Å². The summed E-state index contributed by atoms with van der Waals surface area (Å²) in [5, 5.41) is 5.47. The Bertz CT molecular complexity index is 874. The summed E-state index contributed by atoms with van der Waals surface area (Å²) in [6.45, 7) is 11.2. The molecule has 0 bridgehead atoms. The van der Waals surface area contributed by atoms with Crippen LogP contribution in [-0.2, 0) is 11.2 Å². The predicted octanol–water partition coefficient (Wildman–Crippen LogP) is 6.96. The molecule has 0 N–H and O–H groups in total. The van der Waals surface area contributed by atoms with Crippen molar-refractivity contribution in [2.24, 2.45) is 5.92 Å². The molecule has 0 spiro atoms. The van der Waals surface area contributed by atoms with Crippen LogP contribution in [0.15, 0.2) is 22.7 Å². The second kappa shape index (κ2) is 9.19. The highest BCUT2D eigenvalue weighted by molar-refractivity contribution is 6.39. The topological polar surface area (TPSA) is 55.6 Å². The van der Waals surface area contributed by atoms with E-state index in [4.69, 9.17) is 32.5 Å². The number of hydrogen-bond donors (Lipinski definition) is 0. The summed E-state index contributed by atoms with van der Waals surface area (Å²) in [5.74, 6) is 1.49. The van der Waals surface area contributed by atoms with Crippen molar-refractivity contribution < 1.29 is 14.1 Å². The van der Waals surface area contributed by atoms with E-state index < -0.39 is 5.60 Å². The summed E-state index contributed by atoms with van der Waals surface area (Å²) >= 11 is 12.9. The van der Waals surface area contributed by atoms with E-state index in [1.807, 2.05) is 39.0 Å². The lowest BCUT2D eigenvalue weighted by atomic mass is 9.87. The number of nitrogens with zero attached hydrogens (tertiary/aromatic N) is 2. The Hall–Kier alpha value is -1.72. The van der Waals surface area contributed by atoms with Crippen LogP contribution in [0.4, 0.5) is 4.79 Å². The smallest absolute Gasteiger partial charge is 0.410 e. The van der Waals surface area contributed by atoms with Crippen LogP contribution in [0.1, 0.15) is 64.7 Å². The third-order valence-corrected chi connectivity index (χ3v) is 5.93. The molecule has 1 fully saturated rings. The van der Waals surface area contributed by atoms with Gasteiger partial charge in [0.1, 0.15) is 17.1 Å². The molecule has 1 aliphatic rings. The van der Waals surface area contributed by atoms with E-state index >= 15 is 0 Å². The van der Waals surface area contributed by atoms with Gasteiger partial charge < -0.3 is 14.2 Å². The summed E-state index contributed by atoms with van der Waals surface area (Å²) < 4.78 is 11.2. The first kappa shape index (κ1) is 23.0. The molecule has 0 atom stereocenters. The van der Waals surface area contributed by atoms with E-state index in [1.54, 1.807) is 4.90 Å². The third kappa shape index (κ3) is 5.30. The number of carbonyl (C=O) groups is 1. The molecule has 5 nitrogen and oxygen atoms in total. The SMILES string of the molecule is CC(C)c1onc(-c2c(Cl)cccc2Cl)c1CC1CCN(C(=O)OC(C)(C)C)CC1. The summed E-state index contributed by atoms with van der Waals surface area (Å²) in [7, 11) is 0. The van der Waals surface area contributed by atoms with E-state index in [0.29, 0.717) is 29.1 Å². The molecule has 0 aliphatic carbocycles. The van der Waals surface area contributed by atoms with Crippen LogP contribution in [0.3, 0.4) is 0 Å². The van der Waals surface area contributed by atoms with Crippen LogP contribution < -0.4 is 0 Å². The zero-order valence-corrected chi connectivity index (χ0v) is 19.8. The lowest BCUT2D eigenvalue weighted by molar-refractivity contribution is 0.0184. The van der Waals surface area contributed by atoms with Crippen LogP contribution in [0.5, 0.6) is 0 Å². The number of amides is 1. The highest BCUT2D eigenvalue weighted by atomic mass is 35.5. The molecule has 7 heteroatoms. The van der Waals surface area contributed by atoms with Gasteiger partial charge in [0.05, 0.1) is 10.0 Å². The fourth-order valence-electron chi connectivity index (χ4n) is 3.83. The van der Waals surface area contributed by atoms with Crippen molar-refractivity contribution in [3.63, 3.8) is 0 Å². The molecule has 1 saturated heterocycles. The Morgan fingerprint density at radius 2 is 1.83 bits per heavy atom. The van der Waals surface area contributed by atoms with Crippen molar-refractivity contribution in [1.29, 1.82) is 0 Å². The van der Waals surface area contributed by atoms with Gasteiger partial charge in [0, 0.05) is 30.1 Å². The molecule has 3 rings (SSSR count). The largest absolute Gasteiger partial charge is 0.444 e. The maximum Gasteiger partial charge on any atom is 0.410 e. The second-order valence-corrected chi connectivity index (χ2v) is 10.1. The molecule has 0 radical (unpaired) electrons. The fraction of sp³-hybridized carbons (Fsp3) is 0.565. The zero-order chi connectivity index (χ0) is 22.1. The average Bonchev–Trinajstić information content (AvgIpc) is 3.04. The van der Waals surface area contributed by atoms with Gasteiger partial charge in [-0.15, -0.1) is 0 Å². The first-order valence-corrected chi connectivity index (χ1v) is 11.2. The van der Waals surface area contributed by atoms with Crippen LogP contribution in [0.25, 0.3) is 11.3 Å². The number of likely N-dealkylation sites (tertiary alicyclic amines) is 1. The standard InChI is InChI=1S/C23H30Cl2N2O3/c1-14(2)21-16(20(26-30-21)19-17(24)7-6-8-18(19)25)13-15-9-11-27(12-10-15)22(28)29-23(3,4)5/h6-8,14-15H,9-13H2,1-5H3. The Labute approximate surface area is 188 Å². The van der Waals surface area contributed by atoms with Gasteiger partial charge in [-0.1, -0.05) is 48.3 Å². The van der Waals surface area contributed by atoms with Crippen molar-refractivity contribution in [3.05, 3.63) is 39.6 Å². The minimum atomic E-state index is -0.480. The second-order valence-electron chi connectivity index (χ2n) is 9.24. The lowest BCUT2D eigenvalue weighted by Gasteiger charge is -2.33. The molecule has 30 heavy (non-hydrogen) atoms. The molecule has 2 aromatic rings. The zero-order valence-electron chi connectivity index (χ0n) is 18.3. The molecule has 164 valence electrons. The summed E-state index contributed by atoms with van der Waals surface area (Å²) in [6, 6.07) is 5.45. The van der Waals surface area contributed by atoms with E-state index in [2.05, 4.69) is 19.0 Å². The van der Waals surface area contributed by atoms with Gasteiger partial charge in [-0.25, -0.2) is 4.79 Å². The Balaban J connectivity index is 1.78. The number of benzene rings is 1. The monoisotopic (exact) mass is 452 g/mol. The number of aromatic nitrogens is 1. The molecular formula is C23H30Cl2N2O3. The van der Waals surface area contributed by atoms with E-state index in [-0.39, 0.29) is 12.0 Å². The molecule has 0 unspecified atom stereocenters. The van der Waals surface area contributed by atoms with Crippen LogP contribution in [0.2, 0.25) is 10.0 Å². The number of rotatable bonds is 4. The minimum Gasteiger partial charge on any atom is -0.444 e. The predicted molar refractivity (Wildman–Crippen MR) is 120 cm³/mol. The van der Waals surface area contributed by atoms with E-state index in [1.165, 1.54) is 0 Å². The highest BCUT2D eigenvalue weighted by Gasteiger charge is 2.30. The molecule has 2 heterocycles. The van der Waals surface area contributed by atoms with Crippen molar-refractivity contribution >= 4 is 29.3 Å². The molecular weight excluding hydrogens is 423 g/mol. The number of carbonyl (C=O) groups excluding carboxylic acids is 1. The molecule has 0 saturated carbocycles. The van der Waals surface area contributed by atoms with Crippen molar-refractivity contribution in [2.75, 3.05) is 13.1 Å². The van der Waals surface area contributed by atoms with Gasteiger partial charge in [0.25, 0.3) is 0 Å². The third-order valence-electron chi connectivity index (χ3n) is 5.30. The Morgan fingerprint density at radius 3 is 2.37 bits per heavy atom. The highest BCUT2D eigenvalue weighted by Crippen LogP contribution is 2.40. The maximum atomic E-state index is 12.3. The van der Waals surface area contributed by atoms with E-state index in [9.17, 15) is 4.79 Å². The molecule has 1 aromatic heterocycles. The number of piperidine rings is 1. The number of ether oxygens (including phenoxy) is 1. The summed E-state index contributed by atoms with van der Waals surface area (Å²) in [5.41, 5.74) is 2.03. The number of halogens is 2. The minimum absolute atomic E-state index is 0.198.